The Morgan fingerprint density at radius 2 is 2.00 bits per heavy atom. The minimum atomic E-state index is -0.217. The maximum Gasteiger partial charge on any atom is 0.133 e. The number of hydrogen-bond acceptors (Lipinski definition) is 2. The summed E-state index contributed by atoms with van der Waals surface area (Å²) in [5.41, 5.74) is 8.18. The van der Waals surface area contributed by atoms with E-state index in [0.717, 1.165) is 12.8 Å². The zero-order valence-corrected chi connectivity index (χ0v) is 7.73. The van der Waals surface area contributed by atoms with Gasteiger partial charge in [0.2, 0.25) is 0 Å². The van der Waals surface area contributed by atoms with Gasteiger partial charge in [-0.05, 0) is 30.2 Å². The molecule has 4 nitrogen and oxygen atoms in total. The fraction of sp³-hybridized carbons (Fsp3) is 0.889. The molecule has 2 aliphatic rings. The Bertz CT molecular complexity index is 277. The number of hydrogen-bond donors (Lipinski definition) is 0. The molecular formula is C9H13N3O. The lowest BCUT2D eigenvalue weighted by molar-refractivity contribution is -0.117. The second-order valence-corrected chi connectivity index (χ2v) is 4.56. The molecule has 0 bridgehead atoms. The average molecular weight is 179 g/mol. The van der Waals surface area contributed by atoms with Crippen molar-refractivity contribution in [1.82, 2.24) is 0 Å². The molecule has 0 aromatic carbocycles. The Labute approximate surface area is 76.9 Å². The minimum Gasteiger partial charge on any atom is -0.300 e. The van der Waals surface area contributed by atoms with Gasteiger partial charge in [-0.25, -0.2) is 0 Å². The number of fused-ring (bicyclic) bond motifs is 1. The third-order valence-corrected chi connectivity index (χ3v) is 3.34. The van der Waals surface area contributed by atoms with E-state index in [2.05, 4.69) is 10.0 Å². The number of nitrogens with zero attached hydrogens (tertiary/aromatic N) is 3. The maximum absolute atomic E-state index is 11.1. The van der Waals surface area contributed by atoms with Gasteiger partial charge < -0.3 is 0 Å². The highest BCUT2D eigenvalue weighted by Gasteiger charge is 2.46. The van der Waals surface area contributed by atoms with E-state index in [1.807, 2.05) is 6.92 Å². The van der Waals surface area contributed by atoms with Crippen molar-refractivity contribution in [2.45, 2.75) is 38.1 Å². The predicted octanol–water partition coefficient (Wildman–Crippen LogP) is 2.44. The summed E-state index contributed by atoms with van der Waals surface area (Å²) in [4.78, 5) is 14.0. The van der Waals surface area contributed by atoms with Gasteiger partial charge in [0.25, 0.3) is 0 Å². The lowest BCUT2D eigenvalue weighted by Crippen LogP contribution is -2.17. The first-order valence-electron chi connectivity index (χ1n) is 4.71. The standard InChI is InChI=1S/C9H13N3O/c1-9(11-12-10)4-6-2-8(13)3-7(6)5-9/h6-7H,2-5H2,1H3/t6-,7+,9+. The lowest BCUT2D eigenvalue weighted by atomic mass is 9.97. The van der Waals surface area contributed by atoms with E-state index in [1.54, 1.807) is 0 Å². The van der Waals surface area contributed by atoms with Crippen molar-refractivity contribution < 1.29 is 4.79 Å². The van der Waals surface area contributed by atoms with Crippen LogP contribution in [-0.4, -0.2) is 11.3 Å². The molecule has 70 valence electrons. The van der Waals surface area contributed by atoms with Gasteiger partial charge in [0.15, 0.2) is 0 Å². The Morgan fingerprint density at radius 1 is 1.46 bits per heavy atom. The minimum absolute atomic E-state index is 0.217. The first-order chi connectivity index (χ1) is 6.13. The van der Waals surface area contributed by atoms with Crippen LogP contribution in [0.25, 0.3) is 10.4 Å². The first-order valence-corrected chi connectivity index (χ1v) is 4.71. The topological polar surface area (TPSA) is 65.8 Å². The summed E-state index contributed by atoms with van der Waals surface area (Å²) < 4.78 is 0. The zero-order chi connectivity index (χ0) is 9.47. The molecule has 0 spiro atoms. The SMILES string of the molecule is C[C@]1(N=[N+]=[N-])C[C@H]2CC(=O)C[C@H]2C1. The molecule has 4 heteroatoms. The van der Waals surface area contributed by atoms with E-state index in [0.29, 0.717) is 30.5 Å². The van der Waals surface area contributed by atoms with Gasteiger partial charge in [0, 0.05) is 23.3 Å². The molecule has 3 atom stereocenters. The number of Topliss-reactive ketones (excluding diaryl/α,β-unsaturated/α-hetero) is 1. The van der Waals surface area contributed by atoms with Crippen LogP contribution in [0.5, 0.6) is 0 Å². The molecule has 0 saturated heterocycles. The van der Waals surface area contributed by atoms with Gasteiger partial charge in [-0.1, -0.05) is 12.0 Å². The van der Waals surface area contributed by atoms with Crippen LogP contribution in [0.15, 0.2) is 5.11 Å². The monoisotopic (exact) mass is 179 g/mol. The van der Waals surface area contributed by atoms with Crippen LogP contribution in [0.1, 0.15) is 32.6 Å². The normalized spacial score (nSPS) is 43.0. The third-order valence-electron chi connectivity index (χ3n) is 3.34. The van der Waals surface area contributed by atoms with Crippen molar-refractivity contribution in [1.29, 1.82) is 0 Å². The molecule has 0 amide bonds. The molecule has 2 saturated carbocycles. The van der Waals surface area contributed by atoms with Crippen molar-refractivity contribution in [2.75, 3.05) is 0 Å². The van der Waals surface area contributed by atoms with Crippen LogP contribution in [0.4, 0.5) is 0 Å². The second-order valence-electron chi connectivity index (χ2n) is 4.56. The largest absolute Gasteiger partial charge is 0.300 e. The fourth-order valence-electron chi connectivity index (χ4n) is 2.88. The van der Waals surface area contributed by atoms with Crippen LogP contribution in [0.3, 0.4) is 0 Å². The van der Waals surface area contributed by atoms with Crippen molar-refractivity contribution in [3.63, 3.8) is 0 Å². The molecule has 0 aliphatic heterocycles. The Kier molecular flexibility index (Phi) is 1.81. The summed E-state index contributed by atoms with van der Waals surface area (Å²) >= 11 is 0. The van der Waals surface area contributed by atoms with E-state index in [4.69, 9.17) is 5.53 Å². The Hall–Kier alpha value is -1.02. The van der Waals surface area contributed by atoms with Crippen molar-refractivity contribution in [3.05, 3.63) is 10.4 Å². The van der Waals surface area contributed by atoms with E-state index in [-0.39, 0.29) is 5.54 Å². The summed E-state index contributed by atoms with van der Waals surface area (Å²) in [6.07, 6.45) is 3.21. The van der Waals surface area contributed by atoms with E-state index < -0.39 is 0 Å². The van der Waals surface area contributed by atoms with Crippen LogP contribution in [0.2, 0.25) is 0 Å². The highest BCUT2D eigenvalue weighted by Crippen LogP contribution is 2.48. The summed E-state index contributed by atoms with van der Waals surface area (Å²) in [7, 11) is 0. The molecule has 0 aromatic rings. The average Bonchev–Trinajstić information content (AvgIpc) is 2.41. The predicted molar refractivity (Wildman–Crippen MR) is 48.0 cm³/mol. The van der Waals surface area contributed by atoms with Gasteiger partial charge in [0.1, 0.15) is 5.78 Å². The lowest BCUT2D eigenvalue weighted by Gasteiger charge is -2.16. The van der Waals surface area contributed by atoms with Crippen LogP contribution in [-0.2, 0) is 4.79 Å². The summed E-state index contributed by atoms with van der Waals surface area (Å²) in [5.74, 6) is 1.36. The first kappa shape index (κ1) is 8.57. The highest BCUT2D eigenvalue weighted by atomic mass is 16.1. The maximum atomic E-state index is 11.1. The molecule has 0 aromatic heterocycles. The van der Waals surface area contributed by atoms with E-state index in [9.17, 15) is 4.79 Å². The van der Waals surface area contributed by atoms with Gasteiger partial charge in [-0.2, -0.15) is 0 Å². The number of ketones is 1. The Balaban J connectivity index is 2.12. The third kappa shape index (κ3) is 1.42. The number of azide groups is 1. The van der Waals surface area contributed by atoms with Crippen LogP contribution >= 0.6 is 0 Å². The second kappa shape index (κ2) is 2.74. The van der Waals surface area contributed by atoms with E-state index in [1.165, 1.54) is 0 Å². The van der Waals surface area contributed by atoms with Gasteiger partial charge in [0.05, 0.1) is 0 Å². The molecule has 13 heavy (non-hydrogen) atoms. The van der Waals surface area contributed by atoms with E-state index >= 15 is 0 Å². The summed E-state index contributed by atoms with van der Waals surface area (Å²) in [5, 5.41) is 3.83. The van der Waals surface area contributed by atoms with Crippen molar-refractivity contribution >= 4 is 5.78 Å². The molecule has 0 unspecified atom stereocenters. The molecule has 2 rings (SSSR count). The molecule has 2 aliphatic carbocycles. The summed E-state index contributed by atoms with van der Waals surface area (Å²) in [6.45, 7) is 2.00. The number of rotatable bonds is 1. The molecule has 0 N–H and O–H groups in total. The van der Waals surface area contributed by atoms with Gasteiger partial charge in [-0.15, -0.1) is 0 Å². The highest BCUT2D eigenvalue weighted by molar-refractivity contribution is 5.81. The van der Waals surface area contributed by atoms with Gasteiger partial charge in [-0.3, -0.25) is 4.79 Å². The number of carbonyl (C=O) groups is 1. The molecular weight excluding hydrogens is 166 g/mol. The van der Waals surface area contributed by atoms with Crippen molar-refractivity contribution in [3.8, 4) is 0 Å². The zero-order valence-electron chi connectivity index (χ0n) is 7.73. The van der Waals surface area contributed by atoms with Gasteiger partial charge >= 0.3 is 0 Å². The molecule has 0 heterocycles. The fourth-order valence-corrected chi connectivity index (χ4v) is 2.88. The van der Waals surface area contributed by atoms with Crippen molar-refractivity contribution in [2.24, 2.45) is 17.0 Å². The Morgan fingerprint density at radius 3 is 2.46 bits per heavy atom. The van der Waals surface area contributed by atoms with Crippen LogP contribution < -0.4 is 0 Å². The number of carbonyl (C=O) groups excluding carboxylic acids is 1. The smallest absolute Gasteiger partial charge is 0.133 e. The summed E-state index contributed by atoms with van der Waals surface area (Å²) in [6, 6.07) is 0. The quantitative estimate of drug-likeness (QED) is 0.346. The molecule has 2 fully saturated rings. The van der Waals surface area contributed by atoms with Crippen LogP contribution in [0, 0.1) is 11.8 Å². The molecule has 0 radical (unpaired) electrons.